The fourth-order valence-corrected chi connectivity index (χ4v) is 3.97. The molecule has 1 fully saturated rings. The van der Waals surface area contributed by atoms with Gasteiger partial charge in [0.15, 0.2) is 0 Å². The Bertz CT molecular complexity index is 988. The molecule has 140 valence electrons. The summed E-state index contributed by atoms with van der Waals surface area (Å²) in [5.74, 6) is 0.00333. The fourth-order valence-electron chi connectivity index (χ4n) is 3.97. The Balaban J connectivity index is 1.68. The molecular formula is C20H24N6O. The van der Waals surface area contributed by atoms with Crippen LogP contribution < -0.4 is 0 Å². The lowest BCUT2D eigenvalue weighted by Crippen LogP contribution is -2.32. The Kier molecular flexibility index (Phi) is 4.30. The number of nitrogens with zero attached hydrogens (tertiary/aromatic N) is 6. The van der Waals surface area contributed by atoms with E-state index < -0.39 is 0 Å². The van der Waals surface area contributed by atoms with Gasteiger partial charge in [-0.25, -0.2) is 0 Å². The average Bonchev–Trinajstić information content (AvgIpc) is 3.34. The molecule has 1 atom stereocenters. The maximum Gasteiger partial charge on any atom is 0.272 e. The third-order valence-electron chi connectivity index (χ3n) is 5.41. The minimum absolute atomic E-state index is 0.00333. The summed E-state index contributed by atoms with van der Waals surface area (Å²) in [5, 5.41) is 9.07. The predicted molar refractivity (Wildman–Crippen MR) is 102 cm³/mol. The van der Waals surface area contributed by atoms with Crippen molar-refractivity contribution < 1.29 is 4.79 Å². The van der Waals surface area contributed by atoms with Crippen LogP contribution in [-0.2, 0) is 14.1 Å². The van der Waals surface area contributed by atoms with Gasteiger partial charge in [-0.05, 0) is 44.9 Å². The maximum absolute atomic E-state index is 13.3. The lowest BCUT2D eigenvalue weighted by Gasteiger charge is -2.24. The molecule has 3 aromatic heterocycles. The van der Waals surface area contributed by atoms with Crippen molar-refractivity contribution in [2.24, 2.45) is 14.1 Å². The van der Waals surface area contributed by atoms with E-state index in [2.05, 4.69) is 15.2 Å². The van der Waals surface area contributed by atoms with Crippen molar-refractivity contribution in [2.45, 2.75) is 32.7 Å². The van der Waals surface area contributed by atoms with Crippen molar-refractivity contribution in [3.8, 4) is 11.3 Å². The normalized spacial score (nSPS) is 16.9. The number of carbonyl (C=O) groups excluding carboxylic acids is 1. The van der Waals surface area contributed by atoms with E-state index in [1.54, 1.807) is 10.9 Å². The predicted octanol–water partition coefficient (Wildman–Crippen LogP) is 2.81. The molecule has 1 aliphatic rings. The number of amides is 1. The summed E-state index contributed by atoms with van der Waals surface area (Å²) in [6.07, 6.45) is 3.71. The zero-order chi connectivity index (χ0) is 19.1. The van der Waals surface area contributed by atoms with Crippen LogP contribution in [0.3, 0.4) is 0 Å². The standard InChI is InChI=1S/C20H24N6O/c1-13-19(14(2)24(3)22-13)16-12-18(25(4)23-16)20(27)26-11-7-9-17(26)15-8-5-6-10-21-15/h5-6,8,10,12,17H,7,9,11H2,1-4H3/t17-/m1/s1. The highest BCUT2D eigenvalue weighted by Crippen LogP contribution is 2.33. The highest BCUT2D eigenvalue weighted by atomic mass is 16.2. The van der Waals surface area contributed by atoms with E-state index in [1.807, 2.05) is 61.8 Å². The topological polar surface area (TPSA) is 68.8 Å². The van der Waals surface area contributed by atoms with E-state index in [4.69, 9.17) is 0 Å². The summed E-state index contributed by atoms with van der Waals surface area (Å²) in [6.45, 7) is 4.73. The third kappa shape index (κ3) is 2.93. The van der Waals surface area contributed by atoms with Crippen LogP contribution in [0.2, 0.25) is 0 Å². The van der Waals surface area contributed by atoms with Gasteiger partial charge in [0.25, 0.3) is 5.91 Å². The summed E-state index contributed by atoms with van der Waals surface area (Å²) in [4.78, 5) is 19.7. The van der Waals surface area contributed by atoms with Gasteiger partial charge in [0, 0.05) is 38.1 Å². The van der Waals surface area contributed by atoms with E-state index >= 15 is 0 Å². The second-order valence-corrected chi connectivity index (χ2v) is 7.12. The van der Waals surface area contributed by atoms with Gasteiger partial charge in [-0.15, -0.1) is 0 Å². The Morgan fingerprint density at radius 1 is 1.15 bits per heavy atom. The second kappa shape index (κ2) is 6.64. The number of likely N-dealkylation sites (tertiary alicyclic amines) is 1. The highest BCUT2D eigenvalue weighted by Gasteiger charge is 2.33. The molecule has 27 heavy (non-hydrogen) atoms. The molecule has 0 bridgehead atoms. The monoisotopic (exact) mass is 364 g/mol. The largest absolute Gasteiger partial charge is 0.329 e. The van der Waals surface area contributed by atoms with Crippen molar-refractivity contribution >= 4 is 5.91 Å². The molecule has 0 spiro atoms. The molecule has 7 heteroatoms. The second-order valence-electron chi connectivity index (χ2n) is 7.12. The number of hydrogen-bond acceptors (Lipinski definition) is 4. The van der Waals surface area contributed by atoms with Crippen LogP contribution >= 0.6 is 0 Å². The van der Waals surface area contributed by atoms with Gasteiger partial charge in [0.2, 0.25) is 0 Å². The molecule has 7 nitrogen and oxygen atoms in total. The quantitative estimate of drug-likeness (QED) is 0.717. The zero-order valence-electron chi connectivity index (χ0n) is 16.2. The number of carbonyl (C=O) groups is 1. The minimum atomic E-state index is 0.00333. The van der Waals surface area contributed by atoms with Gasteiger partial charge >= 0.3 is 0 Å². The molecule has 0 N–H and O–H groups in total. The first-order chi connectivity index (χ1) is 13.0. The Labute approximate surface area is 158 Å². The first-order valence-corrected chi connectivity index (χ1v) is 9.24. The molecular weight excluding hydrogens is 340 g/mol. The molecule has 4 rings (SSSR count). The van der Waals surface area contributed by atoms with Crippen LogP contribution in [0.1, 0.15) is 46.5 Å². The smallest absolute Gasteiger partial charge is 0.272 e. The lowest BCUT2D eigenvalue weighted by atomic mass is 10.1. The number of aryl methyl sites for hydroxylation is 3. The Morgan fingerprint density at radius 2 is 1.96 bits per heavy atom. The number of pyridine rings is 1. The molecule has 1 saturated heterocycles. The number of rotatable bonds is 3. The SMILES string of the molecule is Cc1nn(C)c(C)c1-c1cc(C(=O)N2CCC[C@@H]2c2ccccn2)n(C)n1. The zero-order valence-corrected chi connectivity index (χ0v) is 16.2. The van der Waals surface area contributed by atoms with Gasteiger partial charge in [0.1, 0.15) is 5.69 Å². The number of hydrogen-bond donors (Lipinski definition) is 0. The third-order valence-corrected chi connectivity index (χ3v) is 5.41. The van der Waals surface area contributed by atoms with E-state index in [1.165, 1.54) is 0 Å². The van der Waals surface area contributed by atoms with Crippen molar-refractivity contribution in [2.75, 3.05) is 6.54 Å². The molecule has 3 aromatic rings. The summed E-state index contributed by atoms with van der Waals surface area (Å²) in [5.41, 5.74) is 5.28. The molecule has 0 saturated carbocycles. The summed E-state index contributed by atoms with van der Waals surface area (Å²) >= 11 is 0. The lowest BCUT2D eigenvalue weighted by molar-refractivity contribution is 0.0721. The van der Waals surface area contributed by atoms with E-state index in [-0.39, 0.29) is 11.9 Å². The summed E-state index contributed by atoms with van der Waals surface area (Å²) in [7, 11) is 3.74. The average molecular weight is 364 g/mol. The molecule has 1 amide bonds. The van der Waals surface area contributed by atoms with E-state index in [0.29, 0.717) is 5.69 Å². The van der Waals surface area contributed by atoms with Crippen LogP contribution in [-0.4, -0.2) is 41.9 Å². The Morgan fingerprint density at radius 3 is 2.63 bits per heavy atom. The van der Waals surface area contributed by atoms with Crippen LogP contribution in [0.4, 0.5) is 0 Å². The first kappa shape index (κ1) is 17.5. The molecule has 0 radical (unpaired) electrons. The highest BCUT2D eigenvalue weighted by molar-refractivity contribution is 5.94. The molecule has 0 unspecified atom stereocenters. The number of aromatic nitrogens is 5. The van der Waals surface area contributed by atoms with Crippen molar-refractivity contribution in [1.82, 2.24) is 29.4 Å². The summed E-state index contributed by atoms with van der Waals surface area (Å²) < 4.78 is 3.52. The van der Waals surface area contributed by atoms with Gasteiger partial charge < -0.3 is 4.90 Å². The van der Waals surface area contributed by atoms with Gasteiger partial charge in [-0.3, -0.25) is 19.1 Å². The van der Waals surface area contributed by atoms with E-state index in [0.717, 1.165) is 47.7 Å². The molecule has 0 aliphatic carbocycles. The minimum Gasteiger partial charge on any atom is -0.329 e. The van der Waals surface area contributed by atoms with Crippen LogP contribution in [0, 0.1) is 13.8 Å². The van der Waals surface area contributed by atoms with Crippen LogP contribution in [0.5, 0.6) is 0 Å². The van der Waals surface area contributed by atoms with Crippen molar-refractivity contribution in [1.29, 1.82) is 0 Å². The maximum atomic E-state index is 13.3. The van der Waals surface area contributed by atoms with Gasteiger partial charge in [-0.1, -0.05) is 6.07 Å². The summed E-state index contributed by atoms with van der Waals surface area (Å²) in [6, 6.07) is 7.77. The van der Waals surface area contributed by atoms with Crippen LogP contribution in [0.15, 0.2) is 30.5 Å². The van der Waals surface area contributed by atoms with Crippen LogP contribution in [0.25, 0.3) is 11.3 Å². The van der Waals surface area contributed by atoms with Crippen molar-refractivity contribution in [3.63, 3.8) is 0 Å². The van der Waals surface area contributed by atoms with Gasteiger partial charge in [0.05, 0.1) is 23.1 Å². The van der Waals surface area contributed by atoms with Crippen molar-refractivity contribution in [3.05, 3.63) is 53.2 Å². The molecule has 0 aromatic carbocycles. The Hall–Kier alpha value is -2.96. The molecule has 4 heterocycles. The van der Waals surface area contributed by atoms with Gasteiger partial charge in [-0.2, -0.15) is 10.2 Å². The fraction of sp³-hybridized carbons (Fsp3) is 0.400. The molecule has 1 aliphatic heterocycles. The van der Waals surface area contributed by atoms with E-state index in [9.17, 15) is 4.79 Å². The first-order valence-electron chi connectivity index (χ1n) is 9.24.